The molecule has 5 bridgehead atoms. The SMILES string of the molecule is COc1ccc2nccc(N/N=C/c3c4c(O)c5c(O)c(C)c6c(c5c3O)C(=O)[C@@](C)(OC=C[C@H](OC)[C@@H](C)[C@@H](OC(C)=O)[C@H](C)[C@H](O)[C@H](C)[C@@H](O)[C@@H](C)/C=C\C=C(\C)C(=O)N4)O6)c2c1. The number of amides is 1. The Labute approximate surface area is 376 Å². The number of aliphatic hydroxyl groups is 2. The summed E-state index contributed by atoms with van der Waals surface area (Å²) in [6, 6.07) is 6.92. The van der Waals surface area contributed by atoms with E-state index in [0.29, 0.717) is 22.3 Å². The number of carbonyl (C=O) groups excluding carboxylic acids is 3. The van der Waals surface area contributed by atoms with E-state index in [4.69, 9.17) is 23.7 Å². The first-order valence-electron chi connectivity index (χ1n) is 21.1. The van der Waals surface area contributed by atoms with E-state index in [1.807, 2.05) is 0 Å². The number of phenolic OH excluding ortho intramolecular Hbond substituents is 3. The summed E-state index contributed by atoms with van der Waals surface area (Å²) in [6.45, 7) is 12.4. The Morgan fingerprint density at radius 2 is 1.68 bits per heavy atom. The van der Waals surface area contributed by atoms with Gasteiger partial charge in [-0.3, -0.25) is 24.8 Å². The lowest BCUT2D eigenvalue weighted by molar-refractivity contribution is -0.160. The molecule has 0 radical (unpaired) electrons. The van der Waals surface area contributed by atoms with Gasteiger partial charge in [0.25, 0.3) is 11.7 Å². The summed E-state index contributed by atoms with van der Waals surface area (Å²) in [5.74, 6) is -8.29. The number of hydrogen-bond donors (Lipinski definition) is 7. The number of hydrazone groups is 1. The van der Waals surface area contributed by atoms with Crippen LogP contribution in [0.5, 0.6) is 28.7 Å². The highest BCUT2D eigenvalue weighted by Gasteiger charge is 2.50. The number of nitrogens with one attached hydrogen (secondary N) is 2. The van der Waals surface area contributed by atoms with E-state index in [1.165, 1.54) is 60.3 Å². The Kier molecular flexibility index (Phi) is 14.1. The maximum absolute atomic E-state index is 14.5. The molecule has 0 fully saturated rings. The van der Waals surface area contributed by atoms with Crippen molar-refractivity contribution >= 4 is 56.9 Å². The number of aliphatic hydroxyl groups excluding tert-OH is 2. The molecule has 346 valence electrons. The van der Waals surface area contributed by atoms with Gasteiger partial charge in [0.2, 0.25) is 0 Å². The van der Waals surface area contributed by atoms with E-state index < -0.39 is 88.8 Å². The first-order chi connectivity index (χ1) is 30.8. The van der Waals surface area contributed by atoms with Gasteiger partial charge in [-0.1, -0.05) is 45.9 Å². The fourth-order valence-corrected chi connectivity index (χ4v) is 8.39. The van der Waals surface area contributed by atoms with E-state index in [1.54, 1.807) is 70.3 Å². The molecule has 0 saturated heterocycles. The number of carbonyl (C=O) groups is 3. The number of methoxy groups -OCH3 is 2. The molecule has 4 heterocycles. The van der Waals surface area contributed by atoms with Crippen LogP contribution in [0.15, 0.2) is 71.7 Å². The van der Waals surface area contributed by atoms with Gasteiger partial charge < -0.3 is 54.5 Å². The third-order valence-corrected chi connectivity index (χ3v) is 12.4. The van der Waals surface area contributed by atoms with E-state index in [-0.39, 0.29) is 44.5 Å². The lowest BCUT2D eigenvalue weighted by Gasteiger charge is -2.38. The lowest BCUT2D eigenvalue weighted by Crippen LogP contribution is -2.46. The number of allylic oxidation sites excluding steroid dienone is 2. The summed E-state index contributed by atoms with van der Waals surface area (Å²) in [5, 5.41) is 65.8. The molecule has 4 aromatic rings. The minimum absolute atomic E-state index is 0.0182. The van der Waals surface area contributed by atoms with E-state index in [9.17, 15) is 39.9 Å². The number of benzene rings is 3. The van der Waals surface area contributed by atoms with Crippen LogP contribution in [-0.2, 0) is 23.8 Å². The number of anilines is 2. The molecule has 3 aliphatic heterocycles. The van der Waals surface area contributed by atoms with Gasteiger partial charge in [-0.2, -0.15) is 5.10 Å². The Morgan fingerprint density at radius 1 is 0.954 bits per heavy atom. The third-order valence-electron chi connectivity index (χ3n) is 12.4. The van der Waals surface area contributed by atoms with Crippen LogP contribution in [0.4, 0.5) is 11.4 Å². The Morgan fingerprint density at radius 3 is 2.35 bits per heavy atom. The van der Waals surface area contributed by atoms with E-state index in [0.717, 1.165) is 6.21 Å². The van der Waals surface area contributed by atoms with Crippen LogP contribution in [0.25, 0.3) is 21.7 Å². The van der Waals surface area contributed by atoms with Gasteiger partial charge in [0.05, 0.1) is 71.3 Å². The number of esters is 1. The lowest BCUT2D eigenvalue weighted by atomic mass is 9.78. The molecule has 65 heavy (non-hydrogen) atoms. The first-order valence-corrected chi connectivity index (χ1v) is 21.1. The number of ketones is 1. The second-order valence-electron chi connectivity index (χ2n) is 16.7. The number of rotatable bonds is 6. The number of phenols is 3. The normalized spacial score (nSPS) is 27.8. The zero-order valence-corrected chi connectivity index (χ0v) is 37.9. The number of hydrogen-bond acceptors (Lipinski definition) is 16. The highest BCUT2D eigenvalue weighted by atomic mass is 16.7. The van der Waals surface area contributed by atoms with Crippen molar-refractivity contribution in [2.75, 3.05) is 25.0 Å². The Hall–Kier alpha value is -6.69. The Bertz CT molecular complexity index is 2640. The number of nitrogens with zero attached hydrogens (tertiary/aromatic N) is 2. The van der Waals surface area contributed by atoms with E-state index >= 15 is 0 Å². The number of aromatic nitrogens is 1. The smallest absolute Gasteiger partial charge is 0.312 e. The number of Topliss-reactive ketones (excluding diaryl/α,β-unsaturated/α-hetero) is 1. The predicted octanol–water partition coefficient (Wildman–Crippen LogP) is 6.76. The third kappa shape index (κ3) is 9.16. The van der Waals surface area contributed by atoms with Gasteiger partial charge in [-0.25, -0.2) is 0 Å². The summed E-state index contributed by atoms with van der Waals surface area (Å²) in [4.78, 5) is 45.2. The van der Waals surface area contributed by atoms with Crippen molar-refractivity contribution in [2.24, 2.45) is 28.8 Å². The average Bonchev–Trinajstić information content (AvgIpc) is 3.55. The molecule has 3 aromatic carbocycles. The second-order valence-corrected chi connectivity index (χ2v) is 16.7. The number of pyridine rings is 1. The average molecular weight is 897 g/mol. The van der Waals surface area contributed by atoms with Crippen molar-refractivity contribution in [3.05, 3.63) is 83.3 Å². The molecule has 3 aliphatic rings. The fraction of sp³-hybridized carbons (Fsp3) is 0.396. The summed E-state index contributed by atoms with van der Waals surface area (Å²) in [5.41, 5.74) is 3.32. The topological polar surface area (TPSA) is 248 Å². The van der Waals surface area contributed by atoms with Crippen molar-refractivity contribution in [2.45, 2.75) is 85.6 Å². The molecule has 0 saturated carbocycles. The second kappa shape index (κ2) is 19.2. The van der Waals surface area contributed by atoms with Gasteiger partial charge in [0.15, 0.2) is 5.75 Å². The molecule has 9 atom stereocenters. The standard InChI is InChI=1S/C48H56N4O13/c1-22-12-11-13-23(2)47(60)51-38-31(21-50-52-33-16-18-49-32-15-14-29(61-9)20-30(32)33)42(57)35-36(43(38)58)41(56)27(6)45-37(35)46(59)48(8,65-45)63-19-17-34(62-10)24(3)44(64-28(7)53)26(5)40(55)25(4)39(22)54/h11-22,24-26,34,39-40,44,54-58H,1-10H3,(H,49,52)(H,51,60)/b12-11-,19-17?,23-13-,50-21+/t22-,24+,25+,26+,34-,39-,40+,44+,48-/m0/s1. The number of ether oxygens (including phenoxy) is 5. The fourth-order valence-electron chi connectivity index (χ4n) is 8.39. The van der Waals surface area contributed by atoms with Crippen molar-refractivity contribution in [3.63, 3.8) is 0 Å². The first kappa shape index (κ1) is 47.8. The molecule has 7 rings (SSSR count). The molecular weight excluding hydrogens is 841 g/mol. The van der Waals surface area contributed by atoms with Gasteiger partial charge in [-0.05, 0) is 44.2 Å². The van der Waals surface area contributed by atoms with Gasteiger partial charge in [-0.15, -0.1) is 0 Å². The molecular formula is C48H56N4O13. The van der Waals surface area contributed by atoms with Crippen LogP contribution < -0.4 is 20.2 Å². The molecule has 0 unspecified atom stereocenters. The predicted molar refractivity (Wildman–Crippen MR) is 243 cm³/mol. The molecule has 7 N–H and O–H groups in total. The maximum atomic E-state index is 14.5. The Balaban J connectivity index is 1.53. The molecule has 17 nitrogen and oxygen atoms in total. The van der Waals surface area contributed by atoms with Crippen molar-refractivity contribution in [1.82, 2.24) is 4.98 Å². The van der Waals surface area contributed by atoms with Crippen molar-refractivity contribution in [1.29, 1.82) is 0 Å². The minimum Gasteiger partial charge on any atom is -0.507 e. The molecule has 0 aliphatic carbocycles. The van der Waals surface area contributed by atoms with Crippen LogP contribution in [0.2, 0.25) is 0 Å². The molecule has 0 spiro atoms. The van der Waals surface area contributed by atoms with Crippen LogP contribution in [0.1, 0.15) is 70.0 Å². The largest absolute Gasteiger partial charge is 0.507 e. The van der Waals surface area contributed by atoms with E-state index in [2.05, 4.69) is 20.8 Å². The minimum atomic E-state index is -2.09. The zero-order valence-electron chi connectivity index (χ0n) is 37.9. The highest BCUT2D eigenvalue weighted by Crippen LogP contribution is 2.55. The number of fused-ring (bicyclic) bond motifs is 15. The quantitative estimate of drug-likeness (QED) is 0.0348. The van der Waals surface area contributed by atoms with Crippen molar-refractivity contribution < 1.29 is 63.6 Å². The van der Waals surface area contributed by atoms with Crippen LogP contribution in [-0.4, -0.2) is 98.8 Å². The van der Waals surface area contributed by atoms with Gasteiger partial charge >= 0.3 is 11.8 Å². The molecule has 1 amide bonds. The summed E-state index contributed by atoms with van der Waals surface area (Å²) in [6.07, 6.45) is 6.06. The highest BCUT2D eigenvalue weighted by molar-refractivity contribution is 6.24. The molecule has 1 aromatic heterocycles. The van der Waals surface area contributed by atoms with Gasteiger partial charge in [0, 0.05) is 72.7 Å². The monoisotopic (exact) mass is 896 g/mol. The number of aromatic hydroxyl groups is 3. The van der Waals surface area contributed by atoms with Gasteiger partial charge in [0.1, 0.15) is 29.1 Å². The summed E-state index contributed by atoms with van der Waals surface area (Å²) in [7, 11) is 2.95. The van der Waals surface area contributed by atoms with Crippen molar-refractivity contribution in [3.8, 4) is 28.7 Å². The van der Waals surface area contributed by atoms with Crippen LogP contribution in [0.3, 0.4) is 0 Å². The maximum Gasteiger partial charge on any atom is 0.312 e. The summed E-state index contributed by atoms with van der Waals surface area (Å²) < 4.78 is 29.0. The van der Waals surface area contributed by atoms with Crippen LogP contribution >= 0.6 is 0 Å². The molecule has 17 heteroatoms. The van der Waals surface area contributed by atoms with Crippen LogP contribution in [0, 0.1) is 30.6 Å². The zero-order chi connectivity index (χ0) is 47.7. The summed E-state index contributed by atoms with van der Waals surface area (Å²) >= 11 is 0.